The number of furan rings is 1. The Kier molecular flexibility index (Phi) is 5.55. The van der Waals surface area contributed by atoms with E-state index in [1.165, 1.54) is 60.8 Å². The molecule has 2 nitrogen and oxygen atoms in total. The summed E-state index contributed by atoms with van der Waals surface area (Å²) in [4.78, 5) is 2.44. The lowest BCUT2D eigenvalue weighted by Gasteiger charge is -2.36. The maximum Gasteiger partial charge on any atom is 0.144 e. The second-order valence-electron chi connectivity index (χ2n) is 14.9. The average molecular weight is 620 g/mol. The molecule has 10 rings (SSSR count). The highest BCUT2D eigenvalue weighted by Gasteiger charge is 2.44. The second-order valence-corrected chi connectivity index (χ2v) is 14.9. The Bertz CT molecular complexity index is 2540. The Morgan fingerprint density at radius 3 is 2.12 bits per heavy atom. The fourth-order valence-corrected chi connectivity index (χ4v) is 9.44. The van der Waals surface area contributed by atoms with Crippen molar-refractivity contribution < 1.29 is 4.42 Å². The minimum Gasteiger partial charge on any atom is -0.455 e. The zero-order chi connectivity index (χ0) is 32.4. The molecule has 0 saturated heterocycles. The maximum atomic E-state index is 7.05. The number of benzene rings is 6. The van der Waals surface area contributed by atoms with Gasteiger partial charge in [-0.15, -0.1) is 0 Å². The molecule has 48 heavy (non-hydrogen) atoms. The molecule has 0 amide bonds. The molecule has 3 aliphatic carbocycles. The van der Waals surface area contributed by atoms with Crippen molar-refractivity contribution in [3.05, 3.63) is 161 Å². The summed E-state index contributed by atoms with van der Waals surface area (Å²) in [6.45, 7) is 9.54. The van der Waals surface area contributed by atoms with Gasteiger partial charge in [0.15, 0.2) is 0 Å². The van der Waals surface area contributed by atoms with Crippen LogP contribution in [0.4, 0.5) is 11.4 Å². The lowest BCUT2D eigenvalue weighted by Crippen LogP contribution is -2.28. The fourth-order valence-electron chi connectivity index (χ4n) is 9.44. The summed E-state index contributed by atoms with van der Waals surface area (Å²) in [5.74, 6) is 0.411. The Morgan fingerprint density at radius 1 is 0.625 bits per heavy atom. The van der Waals surface area contributed by atoms with Gasteiger partial charge >= 0.3 is 0 Å². The van der Waals surface area contributed by atoms with Crippen molar-refractivity contribution in [1.29, 1.82) is 0 Å². The highest BCUT2D eigenvalue weighted by atomic mass is 16.3. The number of allylic oxidation sites excluding steroid dienone is 4. The van der Waals surface area contributed by atoms with Crippen LogP contribution in [0.5, 0.6) is 0 Å². The van der Waals surface area contributed by atoms with Crippen molar-refractivity contribution in [3.63, 3.8) is 0 Å². The molecule has 3 aliphatic rings. The van der Waals surface area contributed by atoms with Crippen molar-refractivity contribution >= 4 is 49.7 Å². The van der Waals surface area contributed by atoms with E-state index in [1.54, 1.807) is 0 Å². The van der Waals surface area contributed by atoms with Crippen LogP contribution in [-0.2, 0) is 10.8 Å². The third-order valence-electron chi connectivity index (χ3n) is 11.7. The molecule has 2 heteroatoms. The van der Waals surface area contributed by atoms with Crippen LogP contribution in [0.15, 0.2) is 144 Å². The SMILES string of the molecule is CC1(C)c2ccccc2-c2c1c1ccccc1c1c2oc2cc(N(C3=CC=C4c5ccccc5C(C)(C)C4C3)c3ccccc3)ccc21. The van der Waals surface area contributed by atoms with Gasteiger partial charge in [-0.1, -0.05) is 125 Å². The fraction of sp³-hybridized carbons (Fsp3) is 0.174. The Labute approximate surface area is 281 Å². The Balaban J connectivity index is 1.19. The summed E-state index contributed by atoms with van der Waals surface area (Å²) in [5, 5.41) is 4.94. The summed E-state index contributed by atoms with van der Waals surface area (Å²) in [6, 6.07) is 44.4. The van der Waals surface area contributed by atoms with Crippen molar-refractivity contribution in [2.24, 2.45) is 5.92 Å². The number of anilines is 2. The van der Waals surface area contributed by atoms with Gasteiger partial charge in [0.05, 0.1) is 0 Å². The predicted octanol–water partition coefficient (Wildman–Crippen LogP) is 12.5. The van der Waals surface area contributed by atoms with Crippen LogP contribution in [0.3, 0.4) is 0 Å². The molecular weight excluding hydrogens is 583 g/mol. The number of hydrogen-bond donors (Lipinski definition) is 0. The minimum atomic E-state index is -0.124. The van der Waals surface area contributed by atoms with E-state index in [9.17, 15) is 0 Å². The molecule has 232 valence electrons. The smallest absolute Gasteiger partial charge is 0.144 e. The number of nitrogens with zero attached hydrogens (tertiary/aromatic N) is 1. The van der Waals surface area contributed by atoms with Crippen LogP contribution in [0.25, 0.3) is 49.4 Å². The van der Waals surface area contributed by atoms with E-state index in [0.717, 1.165) is 34.3 Å². The molecule has 0 bridgehead atoms. The summed E-state index contributed by atoms with van der Waals surface area (Å²) in [7, 11) is 0. The first-order chi connectivity index (χ1) is 23.3. The second kappa shape index (κ2) is 9.61. The van der Waals surface area contributed by atoms with Gasteiger partial charge < -0.3 is 9.32 Å². The van der Waals surface area contributed by atoms with E-state index in [0.29, 0.717) is 5.92 Å². The van der Waals surface area contributed by atoms with Crippen molar-refractivity contribution in [3.8, 4) is 11.1 Å². The van der Waals surface area contributed by atoms with Crippen LogP contribution < -0.4 is 4.90 Å². The van der Waals surface area contributed by atoms with E-state index in [4.69, 9.17) is 4.42 Å². The molecule has 0 fully saturated rings. The first-order valence-corrected chi connectivity index (χ1v) is 17.2. The summed E-state index contributed by atoms with van der Waals surface area (Å²) >= 11 is 0. The molecule has 6 aromatic carbocycles. The van der Waals surface area contributed by atoms with Crippen LogP contribution in [-0.4, -0.2) is 0 Å². The van der Waals surface area contributed by atoms with Crippen LogP contribution in [0.2, 0.25) is 0 Å². The molecule has 0 radical (unpaired) electrons. The molecule has 1 heterocycles. The number of hydrogen-bond acceptors (Lipinski definition) is 2. The topological polar surface area (TPSA) is 16.4 Å². The summed E-state index contributed by atoms with van der Waals surface area (Å²) in [6.07, 6.45) is 5.69. The third kappa shape index (κ3) is 3.58. The normalized spacial score (nSPS) is 18.3. The molecule has 1 unspecified atom stereocenters. The quantitative estimate of drug-likeness (QED) is 0.196. The first kappa shape index (κ1) is 27.7. The average Bonchev–Trinajstić information content (AvgIpc) is 3.69. The van der Waals surface area contributed by atoms with Crippen molar-refractivity contribution in [2.45, 2.75) is 44.9 Å². The van der Waals surface area contributed by atoms with Gasteiger partial charge in [-0.2, -0.15) is 0 Å². The minimum absolute atomic E-state index is 0.0541. The lowest BCUT2D eigenvalue weighted by atomic mass is 9.74. The van der Waals surface area contributed by atoms with Gasteiger partial charge in [-0.05, 0) is 92.3 Å². The highest BCUT2D eigenvalue weighted by molar-refractivity contribution is 6.25. The summed E-state index contributed by atoms with van der Waals surface area (Å²) < 4.78 is 7.05. The Hall–Kier alpha value is -5.34. The standard InChI is InChI=1S/C46H37NO/c1-45(2)37-20-12-10-16-31(37)32-24-22-29(26-39(32)45)47(28-14-6-5-7-15-28)30-23-25-36-40(27-30)48-44-41(36)33-17-8-9-18-34(33)43-42(44)35-19-11-13-21-38(35)46(43,3)4/h5-25,27,39H,26H2,1-4H3. The van der Waals surface area contributed by atoms with Crippen molar-refractivity contribution in [1.82, 2.24) is 0 Å². The van der Waals surface area contributed by atoms with Crippen LogP contribution in [0.1, 0.15) is 56.4 Å². The number of rotatable bonds is 3. The predicted molar refractivity (Wildman–Crippen MR) is 201 cm³/mol. The third-order valence-corrected chi connectivity index (χ3v) is 11.7. The Morgan fingerprint density at radius 2 is 1.31 bits per heavy atom. The van der Waals surface area contributed by atoms with E-state index >= 15 is 0 Å². The molecule has 7 aromatic rings. The molecule has 0 N–H and O–H groups in total. The summed E-state index contributed by atoms with van der Waals surface area (Å²) in [5.41, 5.74) is 15.0. The van der Waals surface area contributed by atoms with Crippen molar-refractivity contribution in [2.75, 3.05) is 4.90 Å². The van der Waals surface area contributed by atoms with Crippen LogP contribution >= 0.6 is 0 Å². The van der Waals surface area contributed by atoms with Gasteiger partial charge in [0.2, 0.25) is 0 Å². The largest absolute Gasteiger partial charge is 0.455 e. The zero-order valence-electron chi connectivity index (χ0n) is 27.8. The highest BCUT2D eigenvalue weighted by Crippen LogP contribution is 2.57. The molecule has 1 aromatic heterocycles. The number of para-hydroxylation sites is 1. The number of fused-ring (bicyclic) bond motifs is 13. The molecule has 1 atom stereocenters. The van der Waals surface area contributed by atoms with Gasteiger partial charge in [0, 0.05) is 44.9 Å². The maximum absolute atomic E-state index is 7.05. The molecule has 0 aliphatic heterocycles. The van der Waals surface area contributed by atoms with E-state index in [1.807, 2.05) is 0 Å². The van der Waals surface area contributed by atoms with Gasteiger partial charge in [0.25, 0.3) is 0 Å². The zero-order valence-corrected chi connectivity index (χ0v) is 27.8. The van der Waals surface area contributed by atoms with Gasteiger partial charge in [-0.25, -0.2) is 0 Å². The molecule has 0 spiro atoms. The van der Waals surface area contributed by atoms with Gasteiger partial charge in [0.1, 0.15) is 11.2 Å². The monoisotopic (exact) mass is 619 g/mol. The van der Waals surface area contributed by atoms with Crippen LogP contribution in [0, 0.1) is 5.92 Å². The lowest BCUT2D eigenvalue weighted by molar-refractivity contribution is 0.406. The van der Waals surface area contributed by atoms with E-state index in [2.05, 4.69) is 166 Å². The molecular formula is C46H37NO. The van der Waals surface area contributed by atoms with E-state index < -0.39 is 0 Å². The van der Waals surface area contributed by atoms with Gasteiger partial charge in [-0.3, -0.25) is 0 Å². The first-order valence-electron chi connectivity index (χ1n) is 17.2. The van der Waals surface area contributed by atoms with E-state index in [-0.39, 0.29) is 10.8 Å². The molecule has 0 saturated carbocycles.